The first-order valence-electron chi connectivity index (χ1n) is 8.00. The summed E-state index contributed by atoms with van der Waals surface area (Å²) in [5.41, 5.74) is 3.12. The molecule has 23 heavy (non-hydrogen) atoms. The SMILES string of the molecule is Cc1ccc(OCCCCn2cc(C=O)c3ccccc32)cc1. The maximum Gasteiger partial charge on any atom is 0.152 e. The minimum atomic E-state index is 0.711. The van der Waals surface area contributed by atoms with E-state index in [1.165, 1.54) is 5.56 Å². The third kappa shape index (κ3) is 3.62. The van der Waals surface area contributed by atoms with Crippen molar-refractivity contribution in [1.82, 2.24) is 4.57 Å². The van der Waals surface area contributed by atoms with Crippen molar-refractivity contribution in [2.24, 2.45) is 0 Å². The zero-order valence-corrected chi connectivity index (χ0v) is 13.4. The van der Waals surface area contributed by atoms with Crippen molar-refractivity contribution in [3.63, 3.8) is 0 Å². The molecule has 1 heterocycles. The molecule has 0 unspecified atom stereocenters. The van der Waals surface area contributed by atoms with Gasteiger partial charge in [0, 0.05) is 29.2 Å². The minimum absolute atomic E-state index is 0.711. The van der Waals surface area contributed by atoms with Crippen LogP contribution in [0.2, 0.25) is 0 Å². The number of benzene rings is 2. The summed E-state index contributed by atoms with van der Waals surface area (Å²) >= 11 is 0. The van der Waals surface area contributed by atoms with E-state index in [9.17, 15) is 4.79 Å². The summed E-state index contributed by atoms with van der Waals surface area (Å²) in [6.07, 6.45) is 4.87. The number of unbranched alkanes of at least 4 members (excludes halogenated alkanes) is 1. The number of rotatable bonds is 7. The lowest BCUT2D eigenvalue weighted by atomic mass is 10.2. The van der Waals surface area contributed by atoms with Gasteiger partial charge in [-0.15, -0.1) is 0 Å². The fourth-order valence-corrected chi connectivity index (χ4v) is 2.76. The topological polar surface area (TPSA) is 31.2 Å². The molecular formula is C20H21NO2. The first-order chi connectivity index (χ1) is 11.3. The number of hydrogen-bond donors (Lipinski definition) is 0. The van der Waals surface area contributed by atoms with Crippen LogP contribution in [0.1, 0.15) is 28.8 Å². The first-order valence-corrected chi connectivity index (χ1v) is 8.00. The quantitative estimate of drug-likeness (QED) is 0.471. The second-order valence-electron chi connectivity index (χ2n) is 5.78. The summed E-state index contributed by atoms with van der Waals surface area (Å²) in [5, 5.41) is 1.03. The van der Waals surface area contributed by atoms with Gasteiger partial charge in [0.2, 0.25) is 0 Å². The number of hydrogen-bond acceptors (Lipinski definition) is 2. The average Bonchev–Trinajstić information content (AvgIpc) is 2.94. The molecular weight excluding hydrogens is 286 g/mol. The molecule has 0 radical (unpaired) electrons. The molecule has 3 aromatic rings. The van der Waals surface area contributed by atoms with Crippen LogP contribution in [-0.4, -0.2) is 17.5 Å². The zero-order valence-electron chi connectivity index (χ0n) is 13.4. The van der Waals surface area contributed by atoms with Crippen LogP contribution < -0.4 is 4.74 Å². The summed E-state index contributed by atoms with van der Waals surface area (Å²) in [6, 6.07) is 16.2. The van der Waals surface area contributed by atoms with Crippen LogP contribution in [-0.2, 0) is 6.54 Å². The lowest BCUT2D eigenvalue weighted by molar-refractivity contribution is 0.112. The maximum absolute atomic E-state index is 11.2. The second-order valence-corrected chi connectivity index (χ2v) is 5.78. The summed E-state index contributed by atoms with van der Waals surface area (Å²) in [5.74, 6) is 0.922. The van der Waals surface area contributed by atoms with E-state index in [1.807, 2.05) is 36.5 Å². The molecule has 3 rings (SSSR count). The summed E-state index contributed by atoms with van der Waals surface area (Å²) in [6.45, 7) is 3.67. The van der Waals surface area contributed by atoms with Gasteiger partial charge in [-0.2, -0.15) is 0 Å². The Labute approximate surface area is 136 Å². The summed E-state index contributed by atoms with van der Waals surface area (Å²) < 4.78 is 7.91. The number of aldehydes is 1. The van der Waals surface area contributed by atoms with Crippen LogP contribution in [0, 0.1) is 6.92 Å². The number of ether oxygens (including phenoxy) is 1. The molecule has 3 nitrogen and oxygen atoms in total. The molecule has 0 N–H and O–H groups in total. The molecule has 0 aliphatic rings. The van der Waals surface area contributed by atoms with Crippen LogP contribution in [0.5, 0.6) is 5.75 Å². The molecule has 0 fully saturated rings. The molecule has 0 spiro atoms. The molecule has 0 aliphatic heterocycles. The lowest BCUT2D eigenvalue weighted by Crippen LogP contribution is -2.01. The van der Waals surface area contributed by atoms with Crippen molar-refractivity contribution in [2.45, 2.75) is 26.3 Å². The highest BCUT2D eigenvalue weighted by Gasteiger charge is 2.06. The Morgan fingerprint density at radius 2 is 1.83 bits per heavy atom. The van der Waals surface area contributed by atoms with Gasteiger partial charge in [-0.05, 0) is 38.0 Å². The Bertz CT molecular complexity index is 787. The maximum atomic E-state index is 11.2. The van der Waals surface area contributed by atoms with Gasteiger partial charge >= 0.3 is 0 Å². The molecule has 118 valence electrons. The lowest BCUT2D eigenvalue weighted by Gasteiger charge is -2.08. The number of carbonyl (C=O) groups is 1. The standard InChI is InChI=1S/C20H21NO2/c1-16-8-10-18(11-9-16)23-13-5-4-12-21-14-17(15-22)19-6-2-3-7-20(19)21/h2-3,6-11,14-15H,4-5,12-13H2,1H3. The van der Waals surface area contributed by atoms with Crippen molar-refractivity contribution in [2.75, 3.05) is 6.61 Å². The number of aryl methyl sites for hydroxylation is 2. The molecule has 0 bridgehead atoms. The Balaban J connectivity index is 1.53. The van der Waals surface area contributed by atoms with Crippen molar-refractivity contribution in [3.05, 3.63) is 65.9 Å². The first kappa shape index (κ1) is 15.3. The van der Waals surface area contributed by atoms with Crippen molar-refractivity contribution < 1.29 is 9.53 Å². The summed E-state index contributed by atoms with van der Waals surface area (Å²) in [4.78, 5) is 11.2. The van der Waals surface area contributed by atoms with Crippen LogP contribution in [0.15, 0.2) is 54.7 Å². The highest BCUT2D eigenvalue weighted by Crippen LogP contribution is 2.20. The van der Waals surface area contributed by atoms with Gasteiger partial charge < -0.3 is 9.30 Å². The Morgan fingerprint density at radius 3 is 2.61 bits per heavy atom. The van der Waals surface area contributed by atoms with Gasteiger partial charge in [0.25, 0.3) is 0 Å². The highest BCUT2D eigenvalue weighted by molar-refractivity contribution is 5.97. The van der Waals surface area contributed by atoms with E-state index in [0.29, 0.717) is 6.61 Å². The van der Waals surface area contributed by atoms with Crippen molar-refractivity contribution >= 4 is 17.2 Å². The third-order valence-electron chi connectivity index (χ3n) is 4.03. The van der Waals surface area contributed by atoms with E-state index in [4.69, 9.17) is 4.74 Å². The Morgan fingerprint density at radius 1 is 1.04 bits per heavy atom. The van der Waals surface area contributed by atoms with Gasteiger partial charge in [-0.25, -0.2) is 0 Å². The number of nitrogens with zero attached hydrogens (tertiary/aromatic N) is 1. The molecule has 0 saturated carbocycles. The number of carbonyl (C=O) groups excluding carboxylic acids is 1. The van der Waals surface area contributed by atoms with Gasteiger partial charge in [0.1, 0.15) is 5.75 Å². The molecule has 1 aromatic heterocycles. The van der Waals surface area contributed by atoms with Gasteiger partial charge in [0.05, 0.1) is 6.61 Å². The fourth-order valence-electron chi connectivity index (χ4n) is 2.76. The molecule has 2 aromatic carbocycles. The molecule has 0 atom stereocenters. The number of fused-ring (bicyclic) bond motifs is 1. The number of aromatic nitrogens is 1. The predicted octanol–water partition coefficient (Wildman–Crippen LogP) is 4.62. The van der Waals surface area contributed by atoms with E-state index in [0.717, 1.165) is 47.9 Å². The van der Waals surface area contributed by atoms with E-state index in [-0.39, 0.29) is 0 Å². The fraction of sp³-hybridized carbons (Fsp3) is 0.250. The van der Waals surface area contributed by atoms with Gasteiger partial charge in [0.15, 0.2) is 6.29 Å². The molecule has 0 amide bonds. The zero-order chi connectivity index (χ0) is 16.1. The predicted molar refractivity (Wildman–Crippen MR) is 93.2 cm³/mol. The molecule has 3 heteroatoms. The average molecular weight is 307 g/mol. The van der Waals surface area contributed by atoms with Gasteiger partial charge in [-0.3, -0.25) is 4.79 Å². The molecule has 0 saturated heterocycles. The minimum Gasteiger partial charge on any atom is -0.494 e. The van der Waals surface area contributed by atoms with E-state index >= 15 is 0 Å². The van der Waals surface area contributed by atoms with Crippen molar-refractivity contribution in [3.8, 4) is 5.75 Å². The van der Waals surface area contributed by atoms with Crippen LogP contribution >= 0.6 is 0 Å². The monoisotopic (exact) mass is 307 g/mol. The van der Waals surface area contributed by atoms with Crippen LogP contribution in [0.4, 0.5) is 0 Å². The normalized spacial score (nSPS) is 10.8. The summed E-state index contributed by atoms with van der Waals surface area (Å²) in [7, 11) is 0. The molecule has 0 aliphatic carbocycles. The van der Waals surface area contributed by atoms with Gasteiger partial charge in [-0.1, -0.05) is 35.9 Å². The number of para-hydroxylation sites is 1. The van der Waals surface area contributed by atoms with E-state index in [1.54, 1.807) is 0 Å². The Hall–Kier alpha value is -2.55. The Kier molecular flexibility index (Phi) is 4.77. The highest BCUT2D eigenvalue weighted by atomic mass is 16.5. The largest absolute Gasteiger partial charge is 0.494 e. The van der Waals surface area contributed by atoms with Crippen LogP contribution in [0.25, 0.3) is 10.9 Å². The smallest absolute Gasteiger partial charge is 0.152 e. The van der Waals surface area contributed by atoms with Crippen LogP contribution in [0.3, 0.4) is 0 Å². The third-order valence-corrected chi connectivity index (χ3v) is 4.03. The van der Waals surface area contributed by atoms with E-state index < -0.39 is 0 Å². The van der Waals surface area contributed by atoms with Crippen molar-refractivity contribution in [1.29, 1.82) is 0 Å². The van der Waals surface area contributed by atoms with E-state index in [2.05, 4.69) is 29.7 Å². The second kappa shape index (κ2) is 7.14.